The van der Waals surface area contributed by atoms with Gasteiger partial charge < -0.3 is 24.8 Å². The normalized spacial score (nSPS) is 16.0. The van der Waals surface area contributed by atoms with Gasteiger partial charge in [-0.2, -0.15) is 0 Å². The van der Waals surface area contributed by atoms with Crippen molar-refractivity contribution in [3.8, 4) is 11.5 Å². The quantitative estimate of drug-likeness (QED) is 0.274. The van der Waals surface area contributed by atoms with Crippen molar-refractivity contribution < 1.29 is 14.2 Å². The second-order valence-corrected chi connectivity index (χ2v) is 7.55. The molecule has 7 nitrogen and oxygen atoms in total. The highest BCUT2D eigenvalue weighted by molar-refractivity contribution is 14.0. The number of guanidine groups is 1. The van der Waals surface area contributed by atoms with Crippen LogP contribution in [0.5, 0.6) is 11.5 Å². The Morgan fingerprint density at radius 1 is 1.13 bits per heavy atom. The summed E-state index contributed by atoms with van der Waals surface area (Å²) in [5, 5.41) is 6.81. The second kappa shape index (κ2) is 14.7. The first-order valence-electron chi connectivity index (χ1n) is 10.6. The van der Waals surface area contributed by atoms with E-state index in [0.29, 0.717) is 12.0 Å². The molecule has 8 heteroatoms. The van der Waals surface area contributed by atoms with E-state index in [9.17, 15) is 0 Å². The zero-order valence-corrected chi connectivity index (χ0v) is 21.4. The molecule has 1 aromatic rings. The number of halogens is 1. The van der Waals surface area contributed by atoms with Crippen LogP contribution < -0.4 is 20.1 Å². The van der Waals surface area contributed by atoms with Crippen LogP contribution in [-0.2, 0) is 11.2 Å². The summed E-state index contributed by atoms with van der Waals surface area (Å²) in [6.45, 7) is 12.7. The third kappa shape index (κ3) is 8.47. The van der Waals surface area contributed by atoms with Gasteiger partial charge in [0.2, 0.25) is 0 Å². The minimum absolute atomic E-state index is 0. The SMILES string of the molecule is CCNC(=NCC(C(C)C)N1CCOCC1)NCCc1ccc(OC)c(OC)c1.I. The third-order valence-electron chi connectivity index (χ3n) is 5.22. The number of hydrogen-bond donors (Lipinski definition) is 2. The molecule has 1 unspecified atom stereocenters. The Morgan fingerprint density at radius 3 is 2.43 bits per heavy atom. The number of methoxy groups -OCH3 is 2. The molecule has 1 aliphatic rings. The molecule has 0 radical (unpaired) electrons. The molecule has 2 N–H and O–H groups in total. The maximum absolute atomic E-state index is 5.50. The van der Waals surface area contributed by atoms with Crippen LogP contribution in [0, 0.1) is 5.92 Å². The van der Waals surface area contributed by atoms with Gasteiger partial charge in [0, 0.05) is 32.2 Å². The number of nitrogens with one attached hydrogen (secondary N) is 2. The minimum Gasteiger partial charge on any atom is -0.493 e. The summed E-state index contributed by atoms with van der Waals surface area (Å²) < 4.78 is 16.2. The maximum atomic E-state index is 5.50. The fourth-order valence-corrected chi connectivity index (χ4v) is 3.54. The molecular weight excluding hydrogens is 495 g/mol. The lowest BCUT2D eigenvalue weighted by atomic mass is 10.0. The number of rotatable bonds is 10. The molecule has 0 aliphatic carbocycles. The summed E-state index contributed by atoms with van der Waals surface area (Å²) in [4.78, 5) is 7.37. The van der Waals surface area contributed by atoms with Gasteiger partial charge in [0.15, 0.2) is 17.5 Å². The fourth-order valence-electron chi connectivity index (χ4n) is 3.54. The molecule has 30 heavy (non-hydrogen) atoms. The Kier molecular flexibility index (Phi) is 13.1. The molecule has 1 aromatic carbocycles. The van der Waals surface area contributed by atoms with Crippen molar-refractivity contribution in [3.05, 3.63) is 23.8 Å². The molecule has 0 saturated carbocycles. The molecule has 1 heterocycles. The minimum atomic E-state index is 0. The van der Waals surface area contributed by atoms with E-state index in [1.54, 1.807) is 14.2 Å². The van der Waals surface area contributed by atoms with Crippen molar-refractivity contribution in [2.45, 2.75) is 33.2 Å². The molecule has 172 valence electrons. The molecule has 0 bridgehead atoms. The lowest BCUT2D eigenvalue weighted by Gasteiger charge is -2.36. The van der Waals surface area contributed by atoms with Gasteiger partial charge in [-0.1, -0.05) is 19.9 Å². The fraction of sp³-hybridized carbons (Fsp3) is 0.682. The van der Waals surface area contributed by atoms with E-state index in [0.717, 1.165) is 69.8 Å². The smallest absolute Gasteiger partial charge is 0.191 e. The van der Waals surface area contributed by atoms with Gasteiger partial charge in [-0.05, 0) is 37.0 Å². The highest BCUT2D eigenvalue weighted by Gasteiger charge is 2.23. The van der Waals surface area contributed by atoms with E-state index in [-0.39, 0.29) is 24.0 Å². The van der Waals surface area contributed by atoms with E-state index < -0.39 is 0 Å². The molecule has 0 spiro atoms. The monoisotopic (exact) mass is 534 g/mol. The molecule has 1 saturated heterocycles. The molecule has 1 aliphatic heterocycles. The first kappa shape index (κ1) is 26.8. The van der Waals surface area contributed by atoms with Crippen LogP contribution in [0.25, 0.3) is 0 Å². The van der Waals surface area contributed by atoms with Crippen molar-refractivity contribution in [2.24, 2.45) is 10.9 Å². The van der Waals surface area contributed by atoms with Crippen LogP contribution in [0.3, 0.4) is 0 Å². The van der Waals surface area contributed by atoms with Crippen molar-refractivity contribution in [2.75, 3.05) is 60.2 Å². The number of aliphatic imine (C=N–C) groups is 1. The standard InChI is InChI=1S/C22H38N4O3.HI/c1-6-23-22(25-16-19(17(2)3)26-11-13-29-14-12-26)24-10-9-18-7-8-20(27-4)21(15-18)28-5;/h7-8,15,17,19H,6,9-14,16H2,1-5H3,(H2,23,24,25);1H. The maximum Gasteiger partial charge on any atom is 0.191 e. The highest BCUT2D eigenvalue weighted by Crippen LogP contribution is 2.27. The predicted octanol–water partition coefficient (Wildman–Crippen LogP) is 2.78. The number of ether oxygens (including phenoxy) is 3. The average molecular weight is 534 g/mol. The first-order chi connectivity index (χ1) is 14.1. The lowest BCUT2D eigenvalue weighted by Crippen LogP contribution is -2.48. The predicted molar refractivity (Wildman–Crippen MR) is 134 cm³/mol. The Balaban J connectivity index is 0.00000450. The highest BCUT2D eigenvalue weighted by atomic mass is 127. The van der Waals surface area contributed by atoms with Crippen molar-refractivity contribution in [1.29, 1.82) is 0 Å². The van der Waals surface area contributed by atoms with Crippen molar-refractivity contribution >= 4 is 29.9 Å². The van der Waals surface area contributed by atoms with Gasteiger partial charge >= 0.3 is 0 Å². The summed E-state index contributed by atoms with van der Waals surface area (Å²) in [5.74, 6) is 2.93. The van der Waals surface area contributed by atoms with Crippen LogP contribution in [0.2, 0.25) is 0 Å². The van der Waals surface area contributed by atoms with Gasteiger partial charge in [-0.3, -0.25) is 9.89 Å². The Hall–Kier alpha value is -1.26. The van der Waals surface area contributed by atoms with Crippen LogP contribution >= 0.6 is 24.0 Å². The second-order valence-electron chi connectivity index (χ2n) is 7.55. The summed E-state index contributed by atoms with van der Waals surface area (Å²) in [5.41, 5.74) is 1.19. The topological polar surface area (TPSA) is 67.4 Å². The summed E-state index contributed by atoms with van der Waals surface area (Å²) in [7, 11) is 3.31. The Morgan fingerprint density at radius 2 is 1.83 bits per heavy atom. The van der Waals surface area contributed by atoms with E-state index in [1.165, 1.54) is 5.56 Å². The average Bonchev–Trinajstić information content (AvgIpc) is 2.74. The van der Waals surface area contributed by atoms with Crippen molar-refractivity contribution in [3.63, 3.8) is 0 Å². The first-order valence-corrected chi connectivity index (χ1v) is 10.6. The van der Waals surface area contributed by atoms with Crippen molar-refractivity contribution in [1.82, 2.24) is 15.5 Å². The molecule has 0 amide bonds. The van der Waals surface area contributed by atoms with Crippen LogP contribution in [-0.4, -0.2) is 77.1 Å². The van der Waals surface area contributed by atoms with Gasteiger partial charge in [0.05, 0.1) is 34.0 Å². The summed E-state index contributed by atoms with van der Waals surface area (Å²) in [6, 6.07) is 6.47. The lowest BCUT2D eigenvalue weighted by molar-refractivity contribution is 0.00867. The van der Waals surface area contributed by atoms with Gasteiger partial charge in [0.1, 0.15) is 0 Å². The van der Waals surface area contributed by atoms with E-state index in [1.807, 2.05) is 12.1 Å². The van der Waals surface area contributed by atoms with E-state index >= 15 is 0 Å². The number of hydrogen-bond acceptors (Lipinski definition) is 5. The molecule has 2 rings (SSSR count). The summed E-state index contributed by atoms with van der Waals surface area (Å²) >= 11 is 0. The van der Waals surface area contributed by atoms with Crippen LogP contribution in [0.15, 0.2) is 23.2 Å². The number of nitrogens with zero attached hydrogens (tertiary/aromatic N) is 2. The van der Waals surface area contributed by atoms with Crippen LogP contribution in [0.1, 0.15) is 26.3 Å². The summed E-state index contributed by atoms with van der Waals surface area (Å²) in [6.07, 6.45) is 0.877. The van der Waals surface area contributed by atoms with E-state index in [2.05, 4.69) is 42.4 Å². The Labute approximate surface area is 199 Å². The third-order valence-corrected chi connectivity index (χ3v) is 5.22. The molecular formula is C22H39IN4O3. The van der Waals surface area contributed by atoms with Gasteiger partial charge in [-0.15, -0.1) is 24.0 Å². The zero-order chi connectivity index (χ0) is 21.1. The van der Waals surface area contributed by atoms with Gasteiger partial charge in [-0.25, -0.2) is 0 Å². The molecule has 1 fully saturated rings. The largest absolute Gasteiger partial charge is 0.493 e. The number of morpholine rings is 1. The van der Waals surface area contributed by atoms with Gasteiger partial charge in [0.25, 0.3) is 0 Å². The van der Waals surface area contributed by atoms with E-state index in [4.69, 9.17) is 19.2 Å². The Bertz CT molecular complexity index is 637. The number of benzene rings is 1. The molecule has 0 aromatic heterocycles. The van der Waals surface area contributed by atoms with Crippen LogP contribution in [0.4, 0.5) is 0 Å². The zero-order valence-electron chi connectivity index (χ0n) is 19.1. The molecule has 1 atom stereocenters.